The average molecular weight is 343 g/mol. The smallest absolute Gasteiger partial charge is 0.110 e. The molecule has 1 unspecified atom stereocenters. The molecule has 1 atom stereocenters. The Morgan fingerprint density at radius 3 is 2.84 bits per heavy atom. The molecule has 3 nitrogen and oxygen atoms in total. The molecule has 2 aromatic rings. The van der Waals surface area contributed by atoms with Crippen LogP contribution in [0.1, 0.15) is 24.4 Å². The maximum Gasteiger partial charge on any atom is 0.110 e. The number of rotatable bonds is 5. The molecule has 1 N–H and O–H groups in total. The highest BCUT2D eigenvalue weighted by Gasteiger charge is 2.16. The van der Waals surface area contributed by atoms with Gasteiger partial charge in [-0.25, -0.2) is 4.98 Å². The van der Waals surface area contributed by atoms with E-state index in [0.717, 1.165) is 33.8 Å². The number of nitrogens with one attached hydrogen (secondary N) is 1. The highest BCUT2D eigenvalue weighted by atomic mass is 79.9. The zero-order valence-corrected chi connectivity index (χ0v) is 13.4. The van der Waals surface area contributed by atoms with E-state index in [0.29, 0.717) is 0 Å². The Morgan fingerprint density at radius 2 is 2.26 bits per heavy atom. The van der Waals surface area contributed by atoms with Gasteiger partial charge in [-0.05, 0) is 24.2 Å². The van der Waals surface area contributed by atoms with E-state index in [9.17, 15) is 0 Å². The van der Waals surface area contributed by atoms with Crippen molar-refractivity contribution in [3.63, 3.8) is 0 Å². The van der Waals surface area contributed by atoms with E-state index in [-0.39, 0.29) is 6.04 Å². The maximum atomic E-state index is 6.34. The minimum absolute atomic E-state index is 0.173. The van der Waals surface area contributed by atoms with Gasteiger partial charge in [0, 0.05) is 41.4 Å². The normalized spacial score (nSPS) is 12.6. The van der Waals surface area contributed by atoms with Gasteiger partial charge < -0.3 is 9.88 Å². The molecule has 0 aliphatic heterocycles. The van der Waals surface area contributed by atoms with Crippen LogP contribution in [0.3, 0.4) is 0 Å². The molecule has 102 valence electrons. The van der Waals surface area contributed by atoms with Gasteiger partial charge in [-0.1, -0.05) is 40.5 Å². The van der Waals surface area contributed by atoms with Crippen molar-refractivity contribution in [2.45, 2.75) is 19.4 Å². The fourth-order valence-electron chi connectivity index (χ4n) is 2.10. The van der Waals surface area contributed by atoms with E-state index in [4.69, 9.17) is 11.6 Å². The summed E-state index contributed by atoms with van der Waals surface area (Å²) >= 11 is 9.78. The van der Waals surface area contributed by atoms with E-state index in [1.54, 1.807) is 0 Å². The van der Waals surface area contributed by atoms with Crippen molar-refractivity contribution in [2.75, 3.05) is 6.54 Å². The van der Waals surface area contributed by atoms with Crippen LogP contribution in [0.25, 0.3) is 0 Å². The summed E-state index contributed by atoms with van der Waals surface area (Å²) < 4.78 is 3.03. The lowest BCUT2D eigenvalue weighted by atomic mass is 10.0. The van der Waals surface area contributed by atoms with Crippen LogP contribution in [0.4, 0.5) is 0 Å². The molecule has 0 fully saturated rings. The predicted molar refractivity (Wildman–Crippen MR) is 82.5 cm³/mol. The maximum absolute atomic E-state index is 6.34. The van der Waals surface area contributed by atoms with Crippen LogP contribution in [0.2, 0.25) is 5.02 Å². The summed E-state index contributed by atoms with van der Waals surface area (Å²) in [4.78, 5) is 4.38. The minimum atomic E-state index is 0.173. The van der Waals surface area contributed by atoms with Gasteiger partial charge in [0.15, 0.2) is 0 Å². The molecule has 0 aliphatic carbocycles. The fourth-order valence-corrected chi connectivity index (χ4v) is 2.90. The summed E-state index contributed by atoms with van der Waals surface area (Å²) in [6.07, 6.45) is 4.60. The lowest BCUT2D eigenvalue weighted by molar-refractivity contribution is 0.529. The summed E-state index contributed by atoms with van der Waals surface area (Å²) in [5.74, 6) is 1.05. The average Bonchev–Trinajstić information content (AvgIpc) is 2.75. The van der Waals surface area contributed by atoms with Crippen molar-refractivity contribution < 1.29 is 0 Å². The zero-order valence-electron chi connectivity index (χ0n) is 11.0. The van der Waals surface area contributed by atoms with E-state index in [1.165, 1.54) is 0 Å². The molecule has 2 rings (SSSR count). The van der Waals surface area contributed by atoms with Gasteiger partial charge in [-0.3, -0.25) is 0 Å². The molecule has 1 heterocycles. The van der Waals surface area contributed by atoms with Crippen molar-refractivity contribution in [2.24, 2.45) is 7.05 Å². The van der Waals surface area contributed by atoms with E-state index in [1.807, 2.05) is 36.1 Å². The summed E-state index contributed by atoms with van der Waals surface area (Å²) in [6, 6.07) is 6.18. The molecule has 0 radical (unpaired) electrons. The van der Waals surface area contributed by atoms with Crippen LogP contribution < -0.4 is 5.32 Å². The summed E-state index contributed by atoms with van der Waals surface area (Å²) in [7, 11) is 2.01. The molecule has 19 heavy (non-hydrogen) atoms. The number of imidazole rings is 1. The third-order valence-electron chi connectivity index (χ3n) is 3.10. The third-order valence-corrected chi connectivity index (χ3v) is 3.92. The van der Waals surface area contributed by atoms with E-state index >= 15 is 0 Å². The third kappa shape index (κ3) is 3.59. The van der Waals surface area contributed by atoms with Crippen LogP contribution in [-0.2, 0) is 13.5 Å². The molecular formula is C14H17BrClN3. The highest BCUT2D eigenvalue weighted by Crippen LogP contribution is 2.28. The number of aryl methyl sites for hydroxylation is 1. The Bertz CT molecular complexity index is 553. The van der Waals surface area contributed by atoms with Gasteiger partial charge in [0.05, 0.1) is 0 Å². The Hall–Kier alpha value is -0.840. The SMILES string of the molecule is CCNC(Cc1nccn1C)c1ccc(Br)cc1Cl. The number of aromatic nitrogens is 2. The minimum Gasteiger partial charge on any atom is -0.338 e. The molecule has 0 saturated heterocycles. The molecule has 0 saturated carbocycles. The predicted octanol–water partition coefficient (Wildman–Crippen LogP) is 3.73. The van der Waals surface area contributed by atoms with Crippen LogP contribution in [0, 0.1) is 0 Å². The van der Waals surface area contributed by atoms with Gasteiger partial charge in [0.2, 0.25) is 0 Å². The quantitative estimate of drug-likeness (QED) is 0.897. The molecule has 5 heteroatoms. The van der Waals surface area contributed by atoms with Crippen LogP contribution in [0.15, 0.2) is 35.1 Å². The first kappa shape index (κ1) is 14.6. The number of hydrogen-bond donors (Lipinski definition) is 1. The van der Waals surface area contributed by atoms with Crippen LogP contribution in [0.5, 0.6) is 0 Å². The standard InChI is InChI=1S/C14H17BrClN3/c1-3-17-13(9-14-18-6-7-19(14)2)11-5-4-10(15)8-12(11)16/h4-8,13,17H,3,9H2,1-2H3. The number of hydrogen-bond acceptors (Lipinski definition) is 2. The molecule has 0 bridgehead atoms. The topological polar surface area (TPSA) is 29.9 Å². The van der Waals surface area contributed by atoms with Crippen molar-refractivity contribution in [3.8, 4) is 0 Å². The Morgan fingerprint density at radius 1 is 1.47 bits per heavy atom. The fraction of sp³-hybridized carbons (Fsp3) is 0.357. The Balaban J connectivity index is 2.27. The monoisotopic (exact) mass is 341 g/mol. The highest BCUT2D eigenvalue weighted by molar-refractivity contribution is 9.10. The second-order valence-corrected chi connectivity index (χ2v) is 5.76. The second kappa shape index (κ2) is 6.55. The van der Waals surface area contributed by atoms with Crippen molar-refractivity contribution in [3.05, 3.63) is 51.5 Å². The van der Waals surface area contributed by atoms with E-state index < -0.39 is 0 Å². The lowest BCUT2D eigenvalue weighted by Gasteiger charge is -2.19. The van der Waals surface area contributed by atoms with Crippen LogP contribution in [-0.4, -0.2) is 16.1 Å². The first-order chi connectivity index (χ1) is 9.11. The van der Waals surface area contributed by atoms with Gasteiger partial charge in [-0.15, -0.1) is 0 Å². The van der Waals surface area contributed by atoms with Gasteiger partial charge >= 0.3 is 0 Å². The van der Waals surface area contributed by atoms with Crippen LogP contribution >= 0.6 is 27.5 Å². The second-order valence-electron chi connectivity index (χ2n) is 4.43. The molecular weight excluding hydrogens is 326 g/mol. The van der Waals surface area contributed by atoms with Gasteiger partial charge in [0.25, 0.3) is 0 Å². The first-order valence-corrected chi connectivity index (χ1v) is 7.43. The lowest BCUT2D eigenvalue weighted by Crippen LogP contribution is -2.24. The van der Waals surface area contributed by atoms with E-state index in [2.05, 4.69) is 39.2 Å². The largest absolute Gasteiger partial charge is 0.338 e. The van der Waals surface area contributed by atoms with Crippen molar-refractivity contribution in [1.29, 1.82) is 0 Å². The summed E-state index contributed by atoms with van der Waals surface area (Å²) in [5.41, 5.74) is 1.11. The van der Waals surface area contributed by atoms with Gasteiger partial charge in [0.1, 0.15) is 5.82 Å². The summed E-state index contributed by atoms with van der Waals surface area (Å²) in [6.45, 7) is 2.99. The molecule has 1 aromatic heterocycles. The molecule has 1 aromatic carbocycles. The number of halogens is 2. The molecule has 0 aliphatic rings. The zero-order chi connectivity index (χ0) is 13.8. The molecule has 0 amide bonds. The van der Waals surface area contributed by atoms with Crippen molar-refractivity contribution >= 4 is 27.5 Å². The summed E-state index contributed by atoms with van der Waals surface area (Å²) in [5, 5.41) is 4.24. The van der Waals surface area contributed by atoms with Crippen molar-refractivity contribution in [1.82, 2.24) is 14.9 Å². The number of benzene rings is 1. The number of likely N-dealkylation sites (N-methyl/N-ethyl adjacent to an activating group) is 1. The Kier molecular flexibility index (Phi) is 5.02. The first-order valence-electron chi connectivity index (χ1n) is 6.26. The molecule has 0 spiro atoms. The number of nitrogens with zero attached hydrogens (tertiary/aromatic N) is 2. The Labute approximate surface area is 127 Å². The van der Waals surface area contributed by atoms with Gasteiger partial charge in [-0.2, -0.15) is 0 Å².